The van der Waals surface area contributed by atoms with Crippen LogP contribution < -0.4 is 16.6 Å². The van der Waals surface area contributed by atoms with Gasteiger partial charge < -0.3 is 10.7 Å². The molecule has 100 valence electrons. The van der Waals surface area contributed by atoms with Crippen molar-refractivity contribution in [1.29, 1.82) is 0 Å². The maximum Gasteiger partial charge on any atom is 0.141 e. The molecule has 0 aliphatic heterocycles. The summed E-state index contributed by atoms with van der Waals surface area (Å²) in [4.78, 5) is 4.03. The molecule has 1 aromatic heterocycles. The highest BCUT2D eigenvalue weighted by Gasteiger charge is 2.08. The molecule has 2 aromatic rings. The van der Waals surface area contributed by atoms with E-state index in [1.807, 2.05) is 19.1 Å². The Morgan fingerprint density at radius 1 is 1.26 bits per heavy atom. The second-order valence-electron chi connectivity index (χ2n) is 4.45. The molecular weight excluding hydrogens is 243 g/mol. The largest absolute Gasteiger partial charge is 0.378 e. The van der Waals surface area contributed by atoms with Gasteiger partial charge in [-0.3, -0.25) is 0 Å². The highest BCUT2D eigenvalue weighted by atomic mass is 19.1. The number of nitrogens with two attached hydrogens (primary N) is 1. The van der Waals surface area contributed by atoms with Crippen LogP contribution in [0.1, 0.15) is 24.1 Å². The molecule has 1 heterocycles. The number of nitrogens with one attached hydrogen (secondary N) is 2. The number of aryl methyl sites for hydroxylation is 1. The van der Waals surface area contributed by atoms with Crippen LogP contribution in [0.15, 0.2) is 36.5 Å². The van der Waals surface area contributed by atoms with Gasteiger partial charge in [0.25, 0.3) is 0 Å². The second kappa shape index (κ2) is 5.67. The zero-order chi connectivity index (χ0) is 13.8. The Bertz CT molecular complexity index is 571. The first-order valence-corrected chi connectivity index (χ1v) is 6.05. The van der Waals surface area contributed by atoms with Crippen molar-refractivity contribution in [2.24, 2.45) is 5.84 Å². The van der Waals surface area contributed by atoms with Gasteiger partial charge >= 0.3 is 0 Å². The topological polar surface area (TPSA) is 63.0 Å². The van der Waals surface area contributed by atoms with E-state index in [1.54, 1.807) is 31.3 Å². The van der Waals surface area contributed by atoms with E-state index in [-0.39, 0.29) is 11.9 Å². The van der Waals surface area contributed by atoms with Gasteiger partial charge in [-0.2, -0.15) is 0 Å². The van der Waals surface area contributed by atoms with Gasteiger partial charge in [0.05, 0.1) is 0 Å². The number of hydrogen-bond acceptors (Lipinski definition) is 4. The van der Waals surface area contributed by atoms with E-state index in [1.165, 1.54) is 0 Å². The minimum Gasteiger partial charge on any atom is -0.378 e. The lowest BCUT2D eigenvalue weighted by Crippen LogP contribution is -2.10. The van der Waals surface area contributed by atoms with E-state index >= 15 is 0 Å². The first-order valence-electron chi connectivity index (χ1n) is 6.05. The third-order valence-corrected chi connectivity index (χ3v) is 2.99. The van der Waals surface area contributed by atoms with Crippen molar-refractivity contribution in [1.82, 2.24) is 4.98 Å². The molecule has 0 aliphatic carbocycles. The van der Waals surface area contributed by atoms with Crippen molar-refractivity contribution in [3.8, 4) is 0 Å². The number of hydrazine groups is 1. The second-order valence-corrected chi connectivity index (χ2v) is 4.45. The average Bonchev–Trinajstić information content (AvgIpc) is 2.42. The molecule has 4 nitrogen and oxygen atoms in total. The quantitative estimate of drug-likeness (QED) is 0.584. The Hall–Kier alpha value is -2.14. The van der Waals surface area contributed by atoms with Crippen molar-refractivity contribution < 1.29 is 4.39 Å². The van der Waals surface area contributed by atoms with Gasteiger partial charge in [-0.1, -0.05) is 12.1 Å². The number of rotatable bonds is 4. The van der Waals surface area contributed by atoms with Crippen LogP contribution in [0, 0.1) is 12.7 Å². The molecule has 0 amide bonds. The number of nitrogen functional groups attached to an aromatic ring is 1. The van der Waals surface area contributed by atoms with Gasteiger partial charge in [0.2, 0.25) is 0 Å². The van der Waals surface area contributed by atoms with E-state index in [0.717, 1.165) is 11.3 Å². The number of anilines is 2. The molecule has 0 saturated carbocycles. The molecule has 1 aromatic carbocycles. The zero-order valence-corrected chi connectivity index (χ0v) is 10.9. The first kappa shape index (κ1) is 13.3. The predicted molar refractivity (Wildman–Crippen MR) is 75.2 cm³/mol. The summed E-state index contributed by atoms with van der Waals surface area (Å²) >= 11 is 0. The van der Waals surface area contributed by atoms with Gasteiger partial charge in [-0.05, 0) is 37.1 Å². The van der Waals surface area contributed by atoms with Crippen molar-refractivity contribution >= 4 is 11.5 Å². The molecule has 2 rings (SSSR count). The lowest BCUT2D eigenvalue weighted by atomic mass is 10.1. The van der Waals surface area contributed by atoms with Crippen molar-refractivity contribution in [3.63, 3.8) is 0 Å². The molecule has 0 saturated heterocycles. The minimum absolute atomic E-state index is 0.0110. The number of pyridine rings is 1. The molecule has 0 spiro atoms. The van der Waals surface area contributed by atoms with Crippen LogP contribution >= 0.6 is 0 Å². The molecule has 0 fully saturated rings. The van der Waals surface area contributed by atoms with E-state index < -0.39 is 0 Å². The number of hydrogen-bond donors (Lipinski definition) is 3. The molecular formula is C14H17FN4. The summed E-state index contributed by atoms with van der Waals surface area (Å²) in [5, 5.41) is 3.28. The van der Waals surface area contributed by atoms with E-state index in [9.17, 15) is 4.39 Å². The fraction of sp³-hybridized carbons (Fsp3) is 0.214. The third-order valence-electron chi connectivity index (χ3n) is 2.99. The lowest BCUT2D eigenvalue weighted by molar-refractivity contribution is 0.614. The normalized spacial score (nSPS) is 12.0. The van der Waals surface area contributed by atoms with E-state index in [0.29, 0.717) is 11.4 Å². The molecule has 19 heavy (non-hydrogen) atoms. The Morgan fingerprint density at radius 3 is 2.74 bits per heavy atom. The minimum atomic E-state index is -0.190. The van der Waals surface area contributed by atoms with Gasteiger partial charge in [0, 0.05) is 24.0 Å². The summed E-state index contributed by atoms with van der Waals surface area (Å²) in [5.74, 6) is 5.69. The Balaban J connectivity index is 2.15. The van der Waals surface area contributed by atoms with Gasteiger partial charge in [-0.15, -0.1) is 0 Å². The summed E-state index contributed by atoms with van der Waals surface area (Å²) in [5.41, 5.74) is 4.90. The Kier molecular flexibility index (Phi) is 3.97. The van der Waals surface area contributed by atoms with E-state index in [4.69, 9.17) is 5.84 Å². The monoisotopic (exact) mass is 260 g/mol. The van der Waals surface area contributed by atoms with Crippen LogP contribution in [0.3, 0.4) is 0 Å². The van der Waals surface area contributed by atoms with Crippen LogP contribution in [-0.2, 0) is 0 Å². The highest BCUT2D eigenvalue weighted by molar-refractivity contribution is 5.52. The van der Waals surface area contributed by atoms with Crippen LogP contribution in [-0.4, -0.2) is 4.98 Å². The van der Waals surface area contributed by atoms with Crippen molar-refractivity contribution in [3.05, 3.63) is 53.5 Å². The number of benzene rings is 1. The molecule has 0 bridgehead atoms. The molecule has 0 aliphatic rings. The highest BCUT2D eigenvalue weighted by Crippen LogP contribution is 2.21. The van der Waals surface area contributed by atoms with Crippen LogP contribution in [0.25, 0.3) is 0 Å². The number of aromatic nitrogens is 1. The van der Waals surface area contributed by atoms with Crippen LogP contribution in [0.5, 0.6) is 0 Å². The zero-order valence-electron chi connectivity index (χ0n) is 10.9. The maximum atomic E-state index is 13.5. The van der Waals surface area contributed by atoms with Gasteiger partial charge in [0.15, 0.2) is 0 Å². The summed E-state index contributed by atoms with van der Waals surface area (Å²) in [6, 6.07) is 8.86. The number of nitrogens with zero attached hydrogens (tertiary/aromatic N) is 1. The Labute approximate surface area is 111 Å². The van der Waals surface area contributed by atoms with Gasteiger partial charge in [-0.25, -0.2) is 15.2 Å². The number of halogens is 1. The standard InChI is InChI=1S/C14H17FN4/c1-9-3-4-11(7-13(9)15)10(2)18-12-5-6-17-14(8-12)19-16/h3-8,10H,16H2,1-2H3,(H2,17,18,19). The fourth-order valence-corrected chi connectivity index (χ4v) is 1.81. The fourth-order valence-electron chi connectivity index (χ4n) is 1.81. The molecule has 5 heteroatoms. The Morgan fingerprint density at radius 2 is 2.05 bits per heavy atom. The maximum absolute atomic E-state index is 13.5. The SMILES string of the molecule is Cc1ccc(C(C)Nc2ccnc(NN)c2)cc1F. The third kappa shape index (κ3) is 3.20. The summed E-state index contributed by atoms with van der Waals surface area (Å²) in [7, 11) is 0. The molecule has 4 N–H and O–H groups in total. The average molecular weight is 260 g/mol. The predicted octanol–water partition coefficient (Wildman–Crippen LogP) is 2.99. The van der Waals surface area contributed by atoms with Crippen molar-refractivity contribution in [2.75, 3.05) is 10.7 Å². The molecule has 0 radical (unpaired) electrons. The van der Waals surface area contributed by atoms with Gasteiger partial charge in [0.1, 0.15) is 11.6 Å². The summed E-state index contributed by atoms with van der Waals surface area (Å²) in [6.07, 6.45) is 1.65. The van der Waals surface area contributed by atoms with E-state index in [2.05, 4.69) is 15.7 Å². The summed E-state index contributed by atoms with van der Waals surface area (Å²) in [6.45, 7) is 3.72. The first-order chi connectivity index (χ1) is 9.10. The van der Waals surface area contributed by atoms with Crippen LogP contribution in [0.2, 0.25) is 0 Å². The lowest BCUT2D eigenvalue weighted by Gasteiger charge is -2.16. The summed E-state index contributed by atoms with van der Waals surface area (Å²) < 4.78 is 13.5. The van der Waals surface area contributed by atoms with Crippen LogP contribution in [0.4, 0.5) is 15.9 Å². The molecule has 1 atom stereocenters. The van der Waals surface area contributed by atoms with Crippen molar-refractivity contribution in [2.45, 2.75) is 19.9 Å². The molecule has 1 unspecified atom stereocenters. The smallest absolute Gasteiger partial charge is 0.141 e.